The molecule has 310 valence electrons. The molecule has 4 aromatic rings. The number of aryl methyl sites for hydroxylation is 1. The van der Waals surface area contributed by atoms with Crippen LogP contribution in [0.4, 0.5) is 23.1 Å². The molecule has 9 heterocycles. The third-order valence-electron chi connectivity index (χ3n) is 13.7. The summed E-state index contributed by atoms with van der Waals surface area (Å²) >= 11 is 0. The Morgan fingerprint density at radius 2 is 1.58 bits per heavy atom. The van der Waals surface area contributed by atoms with Crippen molar-refractivity contribution in [1.29, 1.82) is 0 Å². The van der Waals surface area contributed by atoms with Gasteiger partial charge in [-0.15, -0.1) is 0 Å². The zero-order chi connectivity index (χ0) is 41.4. The van der Waals surface area contributed by atoms with E-state index in [-0.39, 0.29) is 41.7 Å². The van der Waals surface area contributed by atoms with Crippen LogP contribution in [0.1, 0.15) is 107 Å². The van der Waals surface area contributed by atoms with Gasteiger partial charge in [0.15, 0.2) is 5.78 Å². The maximum absolute atomic E-state index is 13.6. The van der Waals surface area contributed by atoms with Crippen LogP contribution in [0.3, 0.4) is 0 Å². The van der Waals surface area contributed by atoms with Crippen molar-refractivity contribution in [1.82, 2.24) is 34.6 Å². The largest absolute Gasteiger partial charge is 0.370 e. The number of Topliss-reactive ketones (excluding diaryl/α,β-unsaturated/α-hetero) is 1. The van der Waals surface area contributed by atoms with E-state index in [0.29, 0.717) is 57.5 Å². The fourth-order valence-electron chi connectivity index (χ4n) is 10.7. The highest BCUT2D eigenvalue weighted by atomic mass is 16.2. The highest BCUT2D eigenvalue weighted by Gasteiger charge is 2.48. The van der Waals surface area contributed by atoms with Crippen LogP contribution in [-0.4, -0.2) is 110 Å². The molecule has 4 amide bonds. The number of pyridine rings is 2. The molecule has 1 aliphatic carbocycles. The lowest BCUT2D eigenvalue weighted by molar-refractivity contribution is -0.136. The molecule has 60 heavy (non-hydrogen) atoms. The lowest BCUT2D eigenvalue weighted by Crippen LogP contribution is -2.69. The second-order valence-electron chi connectivity index (χ2n) is 17.4. The Kier molecular flexibility index (Phi) is 9.49. The van der Waals surface area contributed by atoms with E-state index in [1.54, 1.807) is 23.8 Å². The van der Waals surface area contributed by atoms with Crippen LogP contribution in [0.15, 0.2) is 47.5 Å². The number of imide groups is 2. The van der Waals surface area contributed by atoms with Crippen molar-refractivity contribution in [2.24, 2.45) is 5.92 Å². The quantitative estimate of drug-likeness (QED) is 0.182. The third-order valence-corrected chi connectivity index (χ3v) is 13.7. The molecule has 2 N–H and O–H groups in total. The number of aromatic nitrogens is 4. The maximum atomic E-state index is 13.6. The number of rotatable bonds is 9. The van der Waals surface area contributed by atoms with Crippen molar-refractivity contribution in [3.05, 3.63) is 75.3 Å². The Hall–Kier alpha value is -6.03. The number of carbonyl (C=O) groups is 5. The van der Waals surface area contributed by atoms with E-state index in [4.69, 9.17) is 9.97 Å². The predicted molar refractivity (Wildman–Crippen MR) is 223 cm³/mol. The van der Waals surface area contributed by atoms with E-state index >= 15 is 0 Å². The molecule has 11 rings (SSSR count). The number of piperidine rings is 3. The van der Waals surface area contributed by atoms with Gasteiger partial charge in [0.25, 0.3) is 17.4 Å². The van der Waals surface area contributed by atoms with Gasteiger partial charge < -0.3 is 15.1 Å². The van der Waals surface area contributed by atoms with Gasteiger partial charge in [0.2, 0.25) is 17.8 Å². The average molecular weight is 813 g/mol. The van der Waals surface area contributed by atoms with Crippen molar-refractivity contribution in [3.8, 4) is 0 Å². The van der Waals surface area contributed by atoms with Crippen LogP contribution in [0.2, 0.25) is 0 Å². The van der Waals surface area contributed by atoms with Gasteiger partial charge in [-0.25, -0.2) is 9.97 Å². The fourth-order valence-corrected chi connectivity index (χ4v) is 10.7. The molecule has 5 saturated heterocycles. The summed E-state index contributed by atoms with van der Waals surface area (Å²) in [7, 11) is 0. The Bertz CT molecular complexity index is 2510. The summed E-state index contributed by atoms with van der Waals surface area (Å²) in [5.41, 5.74) is 3.72. The van der Waals surface area contributed by atoms with E-state index in [1.165, 1.54) is 6.92 Å². The lowest BCUT2D eigenvalue weighted by Gasteiger charge is -2.58. The second-order valence-corrected chi connectivity index (χ2v) is 17.4. The minimum Gasteiger partial charge on any atom is -0.370 e. The van der Waals surface area contributed by atoms with Gasteiger partial charge in [0, 0.05) is 74.5 Å². The van der Waals surface area contributed by atoms with Crippen molar-refractivity contribution < 1.29 is 24.0 Å². The number of nitrogens with zero attached hydrogens (tertiary/aromatic N) is 8. The predicted octanol–water partition coefficient (Wildman–Crippen LogP) is 4.14. The molecule has 3 atom stereocenters. The summed E-state index contributed by atoms with van der Waals surface area (Å²) in [4.78, 5) is 99.3. The van der Waals surface area contributed by atoms with Gasteiger partial charge >= 0.3 is 0 Å². The molecule has 6 aliphatic heterocycles. The van der Waals surface area contributed by atoms with E-state index in [1.807, 2.05) is 24.4 Å². The minimum atomic E-state index is -0.972. The van der Waals surface area contributed by atoms with E-state index in [2.05, 4.69) is 36.4 Å². The number of hydrogen-bond acceptors (Lipinski definition) is 13. The van der Waals surface area contributed by atoms with Gasteiger partial charge in [-0.1, -0.05) is 12.8 Å². The van der Waals surface area contributed by atoms with Crippen LogP contribution in [0.25, 0.3) is 11.0 Å². The standard InChI is InChI=1S/C44H48N10O6/c1-24-34-20-46-44(49-39(34)53(27-5-3-4-6-27)43(60)38(24)25(2)55)47-36-11-8-29(19-45-36)51-15-13-26(14-16-51)21-50-22-30-17-31(23-50)52(30)28-7-9-32-33(18-28)42(59)54(41(32)58)35-10-12-37(56)48-40(35)57/h7-9,11,18-20,26-27,30-31,35H,3-6,10,12-17,21-23H2,1-2H3,(H,48,56,57)(H,45,46,47,49). The summed E-state index contributed by atoms with van der Waals surface area (Å²) in [6, 6.07) is 9.13. The van der Waals surface area contributed by atoms with Crippen LogP contribution in [0, 0.1) is 12.8 Å². The number of anilines is 4. The van der Waals surface area contributed by atoms with Crippen LogP contribution < -0.4 is 26.0 Å². The van der Waals surface area contributed by atoms with Crippen LogP contribution in [-0.2, 0) is 9.59 Å². The van der Waals surface area contributed by atoms with E-state index < -0.39 is 23.8 Å². The number of amides is 4. The topological polar surface area (TPSA) is 183 Å². The normalized spacial score (nSPS) is 23.6. The SMILES string of the molecule is CC(=O)c1c(C)c2cnc(Nc3ccc(N4CCC(CN5CC6CC(C5)N6c5ccc6c(c5)C(=O)N(C5CCC(=O)NC5=O)C6=O)CC4)cn3)nc2n(C2CCCC2)c1=O. The first kappa shape index (κ1) is 38.2. The Labute approximate surface area is 346 Å². The summed E-state index contributed by atoms with van der Waals surface area (Å²) in [6.07, 6.45) is 10.9. The first-order valence-corrected chi connectivity index (χ1v) is 21.3. The average Bonchev–Trinajstić information content (AvgIpc) is 3.84. The molecule has 0 radical (unpaired) electrons. The van der Waals surface area contributed by atoms with Crippen molar-refractivity contribution in [3.63, 3.8) is 0 Å². The van der Waals surface area contributed by atoms with Gasteiger partial charge in [0.1, 0.15) is 17.5 Å². The molecule has 3 aromatic heterocycles. The van der Waals surface area contributed by atoms with Gasteiger partial charge in [-0.05, 0) is 94.2 Å². The van der Waals surface area contributed by atoms with Crippen molar-refractivity contribution in [2.75, 3.05) is 47.8 Å². The summed E-state index contributed by atoms with van der Waals surface area (Å²) in [6.45, 7) is 8.05. The third kappa shape index (κ3) is 6.51. The molecule has 6 fully saturated rings. The highest BCUT2D eigenvalue weighted by Crippen LogP contribution is 2.40. The number of piperazine rings is 1. The van der Waals surface area contributed by atoms with Crippen LogP contribution in [0.5, 0.6) is 0 Å². The zero-order valence-electron chi connectivity index (χ0n) is 33.9. The van der Waals surface area contributed by atoms with Gasteiger partial charge in [-0.2, -0.15) is 4.98 Å². The van der Waals surface area contributed by atoms with Crippen molar-refractivity contribution in [2.45, 2.75) is 95.8 Å². The molecule has 1 saturated carbocycles. The monoisotopic (exact) mass is 812 g/mol. The fraction of sp³-hybridized carbons (Fsp3) is 0.477. The van der Waals surface area contributed by atoms with Gasteiger partial charge in [0.05, 0.1) is 28.6 Å². The molecule has 2 bridgehead atoms. The minimum absolute atomic E-state index is 0.00742. The Balaban J connectivity index is 0.737. The summed E-state index contributed by atoms with van der Waals surface area (Å²) < 4.78 is 1.72. The van der Waals surface area contributed by atoms with Crippen LogP contribution >= 0.6 is 0 Å². The van der Waals surface area contributed by atoms with Gasteiger partial charge in [-0.3, -0.25) is 48.5 Å². The molecular formula is C44H48N10O6. The molecule has 7 aliphatic rings. The van der Waals surface area contributed by atoms with E-state index in [9.17, 15) is 28.8 Å². The number of fused-ring (bicyclic) bond motifs is 4. The lowest BCUT2D eigenvalue weighted by atomic mass is 9.85. The number of hydrogen-bond donors (Lipinski definition) is 2. The number of ketones is 1. The molecule has 0 spiro atoms. The smallest absolute Gasteiger partial charge is 0.263 e. The number of carbonyl (C=O) groups excluding carboxylic acids is 5. The number of nitrogens with one attached hydrogen (secondary N) is 2. The second kappa shape index (κ2) is 14.9. The highest BCUT2D eigenvalue weighted by molar-refractivity contribution is 6.23. The summed E-state index contributed by atoms with van der Waals surface area (Å²) in [5.74, 6) is -0.652. The van der Waals surface area contributed by atoms with Crippen molar-refractivity contribution >= 4 is 63.6 Å². The zero-order valence-corrected chi connectivity index (χ0v) is 33.9. The Morgan fingerprint density at radius 3 is 2.28 bits per heavy atom. The Morgan fingerprint density at radius 1 is 0.850 bits per heavy atom. The summed E-state index contributed by atoms with van der Waals surface area (Å²) in [5, 5.41) is 6.19. The number of benzene rings is 1. The molecular weight excluding hydrogens is 765 g/mol. The first-order valence-electron chi connectivity index (χ1n) is 21.3. The maximum Gasteiger partial charge on any atom is 0.263 e. The molecule has 16 nitrogen and oxygen atoms in total. The molecule has 1 aromatic carbocycles. The molecule has 16 heteroatoms. The van der Waals surface area contributed by atoms with E-state index in [0.717, 1.165) is 93.9 Å². The first-order chi connectivity index (χ1) is 29.0. The molecule has 3 unspecified atom stereocenters.